The molecule has 0 spiro atoms. The van der Waals surface area contributed by atoms with Gasteiger partial charge < -0.3 is 10.4 Å². The first-order valence-electron chi connectivity index (χ1n) is 6.73. The van der Waals surface area contributed by atoms with Crippen molar-refractivity contribution < 1.29 is 18.3 Å². The Balaban J connectivity index is 1.83. The Kier molecular flexibility index (Phi) is 4.65. The Labute approximate surface area is 118 Å². The van der Waals surface area contributed by atoms with Crippen molar-refractivity contribution in [3.63, 3.8) is 0 Å². The molecule has 1 heterocycles. The fourth-order valence-corrected chi connectivity index (χ4v) is 4.04. The first-order chi connectivity index (χ1) is 9.46. The molecule has 1 atom stereocenters. The number of amides is 1. The highest BCUT2D eigenvalue weighted by Crippen LogP contribution is 2.17. The highest BCUT2D eigenvalue weighted by atomic mass is 32.2. The maximum absolute atomic E-state index is 11.8. The van der Waals surface area contributed by atoms with Crippen molar-refractivity contribution in [2.75, 3.05) is 11.5 Å². The van der Waals surface area contributed by atoms with Gasteiger partial charge >= 0.3 is 0 Å². The molecule has 1 aromatic rings. The largest absolute Gasteiger partial charge is 0.508 e. The summed E-state index contributed by atoms with van der Waals surface area (Å²) in [5.74, 6) is 0.267. The summed E-state index contributed by atoms with van der Waals surface area (Å²) in [4.78, 5) is 11.8. The molecule has 1 aliphatic heterocycles. The van der Waals surface area contributed by atoms with Crippen molar-refractivity contribution in [1.82, 2.24) is 5.32 Å². The van der Waals surface area contributed by atoms with Gasteiger partial charge in [-0.15, -0.1) is 0 Å². The average molecular weight is 297 g/mol. The molecule has 0 bridgehead atoms. The van der Waals surface area contributed by atoms with Crippen molar-refractivity contribution in [3.8, 4) is 5.75 Å². The SMILES string of the molecule is O=C(CCc1ccccc1O)NC1CCCS(=O)(=O)C1. The molecule has 2 N–H and O–H groups in total. The van der Waals surface area contributed by atoms with E-state index >= 15 is 0 Å². The number of benzene rings is 1. The monoisotopic (exact) mass is 297 g/mol. The van der Waals surface area contributed by atoms with Gasteiger partial charge in [0.25, 0.3) is 0 Å². The zero-order chi connectivity index (χ0) is 14.6. The van der Waals surface area contributed by atoms with Crippen LogP contribution in [0.2, 0.25) is 0 Å². The Morgan fingerprint density at radius 2 is 2.10 bits per heavy atom. The molecular formula is C14H19NO4S. The summed E-state index contributed by atoms with van der Waals surface area (Å²) in [5.41, 5.74) is 0.721. The van der Waals surface area contributed by atoms with E-state index in [1.165, 1.54) is 0 Å². The van der Waals surface area contributed by atoms with Crippen LogP contribution in [0.15, 0.2) is 24.3 Å². The lowest BCUT2D eigenvalue weighted by Crippen LogP contribution is -2.43. The molecule has 6 heteroatoms. The number of aryl methyl sites for hydroxylation is 1. The maximum Gasteiger partial charge on any atom is 0.220 e. The minimum Gasteiger partial charge on any atom is -0.508 e. The number of aromatic hydroxyl groups is 1. The lowest BCUT2D eigenvalue weighted by Gasteiger charge is -2.23. The molecule has 1 saturated heterocycles. The van der Waals surface area contributed by atoms with Crippen LogP contribution in [0.4, 0.5) is 0 Å². The van der Waals surface area contributed by atoms with E-state index in [1.807, 2.05) is 0 Å². The molecule has 0 radical (unpaired) electrons. The predicted octanol–water partition coefficient (Wildman–Crippen LogP) is 1.02. The van der Waals surface area contributed by atoms with E-state index in [9.17, 15) is 18.3 Å². The van der Waals surface area contributed by atoms with Gasteiger partial charge in [-0.05, 0) is 30.9 Å². The van der Waals surface area contributed by atoms with Gasteiger partial charge in [-0.3, -0.25) is 4.79 Å². The first-order valence-corrected chi connectivity index (χ1v) is 8.55. The number of nitrogens with one attached hydrogen (secondary N) is 1. The van der Waals surface area contributed by atoms with Gasteiger partial charge in [0.2, 0.25) is 5.91 Å². The van der Waals surface area contributed by atoms with Gasteiger partial charge in [0.15, 0.2) is 9.84 Å². The van der Waals surface area contributed by atoms with E-state index in [2.05, 4.69) is 5.32 Å². The van der Waals surface area contributed by atoms with Crippen molar-refractivity contribution >= 4 is 15.7 Å². The Bertz CT molecular complexity index is 583. The number of carbonyl (C=O) groups excluding carboxylic acids is 1. The molecule has 110 valence electrons. The lowest BCUT2D eigenvalue weighted by atomic mass is 10.1. The van der Waals surface area contributed by atoms with Crippen LogP contribution in [-0.2, 0) is 21.1 Å². The molecule has 1 unspecified atom stereocenters. The van der Waals surface area contributed by atoms with Gasteiger partial charge in [0.05, 0.1) is 11.5 Å². The summed E-state index contributed by atoms with van der Waals surface area (Å²) in [5, 5.41) is 12.4. The molecular weight excluding hydrogens is 278 g/mol. The Hall–Kier alpha value is -1.56. The number of phenolic OH excluding ortho intramolecular Hbond substituents is 1. The van der Waals surface area contributed by atoms with E-state index in [1.54, 1.807) is 24.3 Å². The maximum atomic E-state index is 11.8. The second kappa shape index (κ2) is 6.26. The van der Waals surface area contributed by atoms with Crippen LogP contribution in [-0.4, -0.2) is 37.0 Å². The van der Waals surface area contributed by atoms with Gasteiger partial charge in [-0.1, -0.05) is 18.2 Å². The number of hydrogen-bond acceptors (Lipinski definition) is 4. The van der Waals surface area contributed by atoms with Gasteiger partial charge in [0, 0.05) is 12.5 Å². The van der Waals surface area contributed by atoms with Crippen molar-refractivity contribution in [3.05, 3.63) is 29.8 Å². The molecule has 1 fully saturated rings. The Morgan fingerprint density at radius 1 is 1.35 bits per heavy atom. The molecule has 1 aliphatic rings. The summed E-state index contributed by atoms with van der Waals surface area (Å²) in [6.07, 6.45) is 2.00. The zero-order valence-electron chi connectivity index (χ0n) is 11.2. The van der Waals surface area contributed by atoms with Crippen LogP contribution in [0.3, 0.4) is 0 Å². The Morgan fingerprint density at radius 3 is 2.80 bits per heavy atom. The van der Waals surface area contributed by atoms with E-state index in [4.69, 9.17) is 0 Å². The molecule has 0 saturated carbocycles. The summed E-state index contributed by atoms with van der Waals surface area (Å²) in [7, 11) is -3.01. The quantitative estimate of drug-likeness (QED) is 0.869. The standard InChI is InChI=1S/C14H19NO4S/c16-13-6-2-1-4-11(13)7-8-14(17)15-12-5-3-9-20(18,19)10-12/h1-2,4,6,12,16H,3,5,7-10H2,(H,15,17). The molecule has 20 heavy (non-hydrogen) atoms. The third-order valence-corrected chi connectivity index (χ3v) is 5.26. The number of hydrogen-bond donors (Lipinski definition) is 2. The second-order valence-electron chi connectivity index (χ2n) is 5.15. The van der Waals surface area contributed by atoms with E-state index in [-0.39, 0.29) is 35.6 Å². The summed E-state index contributed by atoms with van der Waals surface area (Å²) >= 11 is 0. The summed E-state index contributed by atoms with van der Waals surface area (Å²) < 4.78 is 23.0. The highest BCUT2D eigenvalue weighted by molar-refractivity contribution is 7.91. The zero-order valence-corrected chi connectivity index (χ0v) is 12.0. The smallest absolute Gasteiger partial charge is 0.220 e. The number of rotatable bonds is 4. The lowest BCUT2D eigenvalue weighted by molar-refractivity contribution is -0.121. The van der Waals surface area contributed by atoms with E-state index in [0.717, 1.165) is 5.56 Å². The van der Waals surface area contributed by atoms with E-state index in [0.29, 0.717) is 19.3 Å². The molecule has 1 amide bonds. The normalized spacial score (nSPS) is 21.3. The minimum atomic E-state index is -3.01. The predicted molar refractivity (Wildman–Crippen MR) is 76.2 cm³/mol. The highest BCUT2D eigenvalue weighted by Gasteiger charge is 2.25. The molecule has 1 aromatic carbocycles. The molecule has 2 rings (SSSR count). The van der Waals surface area contributed by atoms with Gasteiger partial charge in [-0.2, -0.15) is 0 Å². The van der Waals surface area contributed by atoms with Crippen molar-refractivity contribution in [1.29, 1.82) is 0 Å². The number of sulfone groups is 1. The third kappa shape index (κ3) is 4.23. The summed E-state index contributed by atoms with van der Waals surface area (Å²) in [6.45, 7) is 0. The van der Waals surface area contributed by atoms with Crippen molar-refractivity contribution in [2.45, 2.75) is 31.7 Å². The minimum absolute atomic E-state index is 0.0370. The second-order valence-corrected chi connectivity index (χ2v) is 7.38. The van der Waals surface area contributed by atoms with Gasteiger partial charge in [-0.25, -0.2) is 8.42 Å². The topological polar surface area (TPSA) is 83.5 Å². The molecule has 0 aromatic heterocycles. The molecule has 0 aliphatic carbocycles. The molecule has 5 nitrogen and oxygen atoms in total. The average Bonchev–Trinajstić information content (AvgIpc) is 2.36. The van der Waals surface area contributed by atoms with Crippen LogP contribution in [0.5, 0.6) is 5.75 Å². The fourth-order valence-electron chi connectivity index (χ4n) is 2.41. The first kappa shape index (κ1) is 14.8. The van der Waals surface area contributed by atoms with Crippen LogP contribution in [0.1, 0.15) is 24.8 Å². The van der Waals surface area contributed by atoms with Crippen LogP contribution >= 0.6 is 0 Å². The fraction of sp³-hybridized carbons (Fsp3) is 0.500. The van der Waals surface area contributed by atoms with E-state index < -0.39 is 9.84 Å². The van der Waals surface area contributed by atoms with Crippen LogP contribution in [0.25, 0.3) is 0 Å². The van der Waals surface area contributed by atoms with Gasteiger partial charge in [0.1, 0.15) is 5.75 Å². The van der Waals surface area contributed by atoms with Crippen molar-refractivity contribution in [2.24, 2.45) is 0 Å². The van der Waals surface area contributed by atoms with Crippen LogP contribution < -0.4 is 5.32 Å². The van der Waals surface area contributed by atoms with Crippen LogP contribution in [0, 0.1) is 0 Å². The summed E-state index contributed by atoms with van der Waals surface area (Å²) in [6, 6.07) is 6.62. The number of phenols is 1. The number of para-hydroxylation sites is 1. The number of carbonyl (C=O) groups is 1. The third-order valence-electron chi connectivity index (χ3n) is 3.44.